The lowest BCUT2D eigenvalue weighted by Crippen LogP contribution is -2.20. The number of ether oxygens (including phenoxy) is 3. The molecule has 1 amide bonds. The van der Waals surface area contributed by atoms with E-state index >= 15 is 0 Å². The first-order valence-electron chi connectivity index (χ1n) is 11.0. The fraction of sp³-hybridized carbons (Fsp3) is 0.154. The van der Waals surface area contributed by atoms with Crippen LogP contribution in [0.3, 0.4) is 0 Å². The number of para-hydroxylation sites is 2. The predicted molar refractivity (Wildman–Crippen MR) is 139 cm³/mol. The number of nitrogens with one attached hydrogen (secondary N) is 1. The molecule has 0 unspecified atom stereocenters. The van der Waals surface area contributed by atoms with Gasteiger partial charge in [-0.3, -0.25) is 9.36 Å². The van der Waals surface area contributed by atoms with Crippen molar-refractivity contribution in [1.82, 2.24) is 20.2 Å². The van der Waals surface area contributed by atoms with Crippen LogP contribution >= 0.6 is 11.8 Å². The zero-order chi connectivity index (χ0) is 25.3. The molecule has 0 aliphatic heterocycles. The first-order valence-corrected chi connectivity index (χ1v) is 11.9. The van der Waals surface area contributed by atoms with Crippen LogP contribution in [0.4, 0.5) is 0 Å². The number of hydrogen-bond acceptors (Lipinski definition) is 8. The number of thioether (sulfide) groups is 1. The van der Waals surface area contributed by atoms with Gasteiger partial charge in [-0.15, -0.1) is 10.2 Å². The third-order valence-corrected chi connectivity index (χ3v) is 6.08. The van der Waals surface area contributed by atoms with Gasteiger partial charge in [-0.1, -0.05) is 36.0 Å². The van der Waals surface area contributed by atoms with Crippen LogP contribution in [0.5, 0.6) is 17.2 Å². The lowest BCUT2D eigenvalue weighted by atomic mass is 10.2. The first-order chi connectivity index (χ1) is 17.6. The number of hydrazone groups is 1. The summed E-state index contributed by atoms with van der Waals surface area (Å²) in [6, 6.07) is 22.8. The highest BCUT2D eigenvalue weighted by molar-refractivity contribution is 7.99. The highest BCUT2D eigenvalue weighted by Gasteiger charge is 2.17. The number of carbonyl (C=O) groups is 1. The lowest BCUT2D eigenvalue weighted by Gasteiger charge is -2.10. The molecule has 0 atom stereocenters. The van der Waals surface area contributed by atoms with Gasteiger partial charge in [-0.2, -0.15) is 5.10 Å². The van der Waals surface area contributed by atoms with Crippen LogP contribution in [0.2, 0.25) is 0 Å². The Morgan fingerprint density at radius 3 is 2.42 bits per heavy atom. The minimum absolute atomic E-state index is 0.0974. The van der Waals surface area contributed by atoms with E-state index in [-0.39, 0.29) is 11.7 Å². The van der Waals surface area contributed by atoms with E-state index < -0.39 is 0 Å². The van der Waals surface area contributed by atoms with Crippen molar-refractivity contribution >= 4 is 23.9 Å². The minimum atomic E-state index is -0.285. The molecule has 0 bridgehead atoms. The van der Waals surface area contributed by atoms with E-state index in [0.29, 0.717) is 28.0 Å². The normalized spacial score (nSPS) is 10.9. The molecular formula is C26H25N5O4S. The zero-order valence-electron chi connectivity index (χ0n) is 20.0. The van der Waals surface area contributed by atoms with Gasteiger partial charge in [0.25, 0.3) is 5.91 Å². The van der Waals surface area contributed by atoms with Crippen LogP contribution < -0.4 is 19.6 Å². The number of nitrogens with zero attached hydrogens (tertiary/aromatic N) is 4. The fourth-order valence-electron chi connectivity index (χ4n) is 3.45. The summed E-state index contributed by atoms with van der Waals surface area (Å²) in [7, 11) is 4.73. The SMILES string of the molecule is COc1ccc(-c2nnc(SCC(=O)N/N=C/c3cccc(OC)c3OC)n2-c2ccccc2)cc1. The lowest BCUT2D eigenvalue weighted by molar-refractivity contribution is -0.118. The third kappa shape index (κ3) is 5.66. The average Bonchev–Trinajstić information content (AvgIpc) is 3.36. The summed E-state index contributed by atoms with van der Waals surface area (Å²) < 4.78 is 17.8. The number of rotatable bonds is 10. The Bertz CT molecular complexity index is 1340. The summed E-state index contributed by atoms with van der Waals surface area (Å²) in [5, 5.41) is 13.4. The summed E-state index contributed by atoms with van der Waals surface area (Å²) in [6.45, 7) is 0. The van der Waals surface area contributed by atoms with Crippen molar-refractivity contribution in [3.05, 3.63) is 78.4 Å². The topological polar surface area (TPSA) is 99.9 Å². The number of benzene rings is 3. The molecule has 1 N–H and O–H groups in total. The molecule has 0 saturated heterocycles. The van der Waals surface area contributed by atoms with Crippen LogP contribution in [0.15, 0.2) is 83.1 Å². The second kappa shape index (κ2) is 11.9. The quantitative estimate of drug-likeness (QED) is 0.197. The molecule has 1 aromatic heterocycles. The maximum atomic E-state index is 12.5. The second-order valence-electron chi connectivity index (χ2n) is 7.37. The van der Waals surface area contributed by atoms with Gasteiger partial charge in [-0.25, -0.2) is 5.43 Å². The van der Waals surface area contributed by atoms with E-state index in [1.165, 1.54) is 18.0 Å². The Morgan fingerprint density at radius 1 is 0.944 bits per heavy atom. The molecule has 3 aromatic carbocycles. The molecule has 0 aliphatic rings. The van der Waals surface area contributed by atoms with Crippen molar-refractivity contribution in [2.75, 3.05) is 27.1 Å². The highest BCUT2D eigenvalue weighted by atomic mass is 32.2. The monoisotopic (exact) mass is 503 g/mol. The van der Waals surface area contributed by atoms with E-state index in [2.05, 4.69) is 20.7 Å². The van der Waals surface area contributed by atoms with E-state index in [1.54, 1.807) is 27.4 Å². The number of methoxy groups -OCH3 is 3. The van der Waals surface area contributed by atoms with Gasteiger partial charge >= 0.3 is 0 Å². The van der Waals surface area contributed by atoms with E-state index in [4.69, 9.17) is 14.2 Å². The molecular weight excluding hydrogens is 478 g/mol. The smallest absolute Gasteiger partial charge is 0.250 e. The average molecular weight is 504 g/mol. The van der Waals surface area contributed by atoms with Crippen molar-refractivity contribution in [2.45, 2.75) is 5.16 Å². The maximum Gasteiger partial charge on any atom is 0.250 e. The Hall–Kier alpha value is -4.31. The molecule has 0 aliphatic carbocycles. The Balaban J connectivity index is 1.49. The van der Waals surface area contributed by atoms with Gasteiger partial charge in [0, 0.05) is 16.8 Å². The van der Waals surface area contributed by atoms with Crippen molar-refractivity contribution in [3.63, 3.8) is 0 Å². The van der Waals surface area contributed by atoms with Crippen molar-refractivity contribution in [2.24, 2.45) is 5.10 Å². The maximum absolute atomic E-state index is 12.5. The summed E-state index contributed by atoms with van der Waals surface area (Å²) in [4.78, 5) is 12.5. The molecule has 9 nitrogen and oxygen atoms in total. The van der Waals surface area contributed by atoms with Gasteiger partial charge < -0.3 is 14.2 Å². The third-order valence-electron chi connectivity index (χ3n) is 5.15. The van der Waals surface area contributed by atoms with Gasteiger partial charge in [0.2, 0.25) is 0 Å². The molecule has 0 radical (unpaired) electrons. The molecule has 10 heteroatoms. The minimum Gasteiger partial charge on any atom is -0.497 e. The van der Waals surface area contributed by atoms with E-state index in [1.807, 2.05) is 71.3 Å². The van der Waals surface area contributed by atoms with Crippen LogP contribution in [0.25, 0.3) is 17.1 Å². The predicted octanol–water partition coefficient (Wildman–Crippen LogP) is 4.20. The Morgan fingerprint density at radius 2 is 1.72 bits per heavy atom. The first kappa shape index (κ1) is 24.8. The summed E-state index contributed by atoms with van der Waals surface area (Å²) in [5.41, 5.74) is 4.98. The molecule has 0 saturated carbocycles. The van der Waals surface area contributed by atoms with Gasteiger partial charge in [0.1, 0.15) is 5.75 Å². The molecule has 1 heterocycles. The van der Waals surface area contributed by atoms with E-state index in [0.717, 1.165) is 17.0 Å². The summed E-state index contributed by atoms with van der Waals surface area (Å²) >= 11 is 1.27. The van der Waals surface area contributed by atoms with Crippen LogP contribution in [0.1, 0.15) is 5.56 Å². The summed E-state index contributed by atoms with van der Waals surface area (Å²) in [5.74, 6) is 2.34. The number of amides is 1. The van der Waals surface area contributed by atoms with Gasteiger partial charge in [-0.05, 0) is 48.5 Å². The zero-order valence-corrected chi connectivity index (χ0v) is 20.9. The van der Waals surface area contributed by atoms with Crippen LogP contribution in [-0.4, -0.2) is 54.0 Å². The molecule has 184 valence electrons. The van der Waals surface area contributed by atoms with Gasteiger partial charge in [0.05, 0.1) is 33.3 Å². The largest absolute Gasteiger partial charge is 0.497 e. The van der Waals surface area contributed by atoms with Crippen molar-refractivity contribution < 1.29 is 19.0 Å². The van der Waals surface area contributed by atoms with E-state index in [9.17, 15) is 4.79 Å². The molecule has 4 aromatic rings. The Kier molecular flexibility index (Phi) is 8.20. The van der Waals surface area contributed by atoms with Crippen molar-refractivity contribution in [1.29, 1.82) is 0 Å². The highest BCUT2D eigenvalue weighted by Crippen LogP contribution is 2.30. The second-order valence-corrected chi connectivity index (χ2v) is 8.31. The number of hydrogen-bond donors (Lipinski definition) is 1. The molecule has 0 fully saturated rings. The van der Waals surface area contributed by atoms with Crippen LogP contribution in [-0.2, 0) is 4.79 Å². The molecule has 4 rings (SSSR count). The molecule has 0 spiro atoms. The standard InChI is InChI=1S/C26H25N5O4S/c1-33-21-14-12-18(13-15-21)25-29-30-26(31(25)20-9-5-4-6-10-20)36-17-23(32)28-27-16-19-8-7-11-22(34-2)24(19)35-3/h4-16H,17H2,1-3H3,(H,28,32)/b27-16+. The number of aromatic nitrogens is 3. The molecule has 36 heavy (non-hydrogen) atoms. The fourth-order valence-corrected chi connectivity index (χ4v) is 4.19. The summed E-state index contributed by atoms with van der Waals surface area (Å²) in [6.07, 6.45) is 1.51. The van der Waals surface area contributed by atoms with Gasteiger partial charge in [0.15, 0.2) is 22.5 Å². The Labute approximate surface area is 213 Å². The van der Waals surface area contributed by atoms with Crippen LogP contribution in [0, 0.1) is 0 Å². The van der Waals surface area contributed by atoms with Crippen molar-refractivity contribution in [3.8, 4) is 34.3 Å². The number of carbonyl (C=O) groups excluding carboxylic acids is 1.